The van der Waals surface area contributed by atoms with Crippen molar-refractivity contribution in [3.8, 4) is 28.4 Å². The number of aromatic amines is 2. The zero-order chi connectivity index (χ0) is 51.1. The number of methoxy groups -OCH3 is 1. The first-order valence-corrected chi connectivity index (χ1v) is 24.0. The summed E-state index contributed by atoms with van der Waals surface area (Å²) >= 11 is 0. The van der Waals surface area contributed by atoms with Gasteiger partial charge in [-0.15, -0.1) is 10.2 Å². The summed E-state index contributed by atoms with van der Waals surface area (Å²) in [6.07, 6.45) is 0. The van der Waals surface area contributed by atoms with Crippen LogP contribution in [0, 0.1) is 6.92 Å². The standard InChI is InChI=1S/C61H40N8O6/c1-31-10-3-6-15-48(31)65-61(74)47-27-33-19-23-43-41-14-5-8-17-50(41)64-54(43)52(33)56(59(47)72)69-67-36-21-25-39-38-24-20-35(29-44(38)57(70)45(39)30-36)66-68-55-51-32(18-22-42-40-13-4-7-16-49(40)63-53(42)51)26-46(58(55)71)60(73)62-34-11-9-12-37(28-34)75-2/h3-30,63-64,71-72H,1-2H3,(H,62,73)(H,65,74). The third kappa shape index (κ3) is 7.38. The highest BCUT2D eigenvalue weighted by Crippen LogP contribution is 2.47. The number of nitrogens with one attached hydrogen (secondary N) is 4. The summed E-state index contributed by atoms with van der Waals surface area (Å²) in [7, 11) is 1.54. The van der Waals surface area contributed by atoms with Crippen LogP contribution in [0.15, 0.2) is 190 Å². The number of nitrogens with zero attached hydrogens (tertiary/aromatic N) is 4. The van der Waals surface area contributed by atoms with Gasteiger partial charge in [0.2, 0.25) is 0 Å². The first-order chi connectivity index (χ1) is 36.6. The Morgan fingerprint density at radius 3 is 1.57 bits per heavy atom. The lowest BCUT2D eigenvalue weighted by atomic mass is 10.00. The number of aryl methyl sites for hydroxylation is 1. The number of benzene rings is 10. The number of fused-ring (bicyclic) bond motifs is 13. The summed E-state index contributed by atoms with van der Waals surface area (Å²) < 4.78 is 5.34. The molecule has 14 nitrogen and oxygen atoms in total. The van der Waals surface area contributed by atoms with Crippen molar-refractivity contribution in [1.29, 1.82) is 0 Å². The molecule has 75 heavy (non-hydrogen) atoms. The highest BCUT2D eigenvalue weighted by Gasteiger charge is 2.29. The van der Waals surface area contributed by atoms with Gasteiger partial charge in [-0.1, -0.05) is 97.1 Å². The molecule has 6 N–H and O–H groups in total. The Morgan fingerprint density at radius 2 is 1.03 bits per heavy atom. The van der Waals surface area contributed by atoms with E-state index >= 15 is 0 Å². The van der Waals surface area contributed by atoms with E-state index in [1.165, 1.54) is 7.11 Å². The lowest BCUT2D eigenvalue weighted by Gasteiger charge is -2.13. The van der Waals surface area contributed by atoms with Gasteiger partial charge < -0.3 is 35.6 Å². The van der Waals surface area contributed by atoms with Gasteiger partial charge in [0.15, 0.2) is 17.3 Å². The number of azo groups is 2. The number of phenols is 2. The molecule has 2 heterocycles. The Bertz CT molecular complexity index is 4530. The molecule has 13 rings (SSSR count). The number of H-pyrrole nitrogens is 2. The van der Waals surface area contributed by atoms with E-state index in [-0.39, 0.29) is 39.8 Å². The van der Waals surface area contributed by atoms with E-state index < -0.39 is 11.8 Å². The van der Waals surface area contributed by atoms with E-state index in [1.807, 2.05) is 97.9 Å². The summed E-state index contributed by atoms with van der Waals surface area (Å²) in [6, 6.07) is 51.4. The molecule has 0 unspecified atom stereocenters. The molecule has 12 aromatic rings. The number of carbonyl (C=O) groups is 3. The van der Waals surface area contributed by atoms with Crippen LogP contribution < -0.4 is 15.4 Å². The van der Waals surface area contributed by atoms with Gasteiger partial charge in [-0.3, -0.25) is 14.4 Å². The smallest absolute Gasteiger partial charge is 0.259 e. The fraction of sp³-hybridized carbons (Fsp3) is 0.0328. The number of ketones is 1. The number of para-hydroxylation sites is 3. The maximum atomic E-state index is 14.3. The second kappa shape index (κ2) is 17.4. The predicted octanol–water partition coefficient (Wildman–Crippen LogP) is 15.5. The normalized spacial score (nSPS) is 12.3. The molecule has 2 amide bonds. The fourth-order valence-corrected chi connectivity index (χ4v) is 10.3. The predicted molar refractivity (Wildman–Crippen MR) is 294 cm³/mol. The van der Waals surface area contributed by atoms with Crippen LogP contribution in [0.3, 0.4) is 0 Å². The molecule has 0 saturated carbocycles. The van der Waals surface area contributed by atoms with Gasteiger partial charge in [-0.25, -0.2) is 0 Å². The van der Waals surface area contributed by atoms with Crippen LogP contribution in [0.25, 0.3) is 76.3 Å². The minimum atomic E-state index is -0.567. The zero-order valence-corrected chi connectivity index (χ0v) is 40.0. The second-order valence-electron chi connectivity index (χ2n) is 18.4. The van der Waals surface area contributed by atoms with E-state index in [1.54, 1.807) is 78.9 Å². The number of hydrogen-bond acceptors (Lipinski definition) is 10. The minimum absolute atomic E-state index is 0.0138. The van der Waals surface area contributed by atoms with Crippen LogP contribution in [0.1, 0.15) is 42.2 Å². The fourth-order valence-electron chi connectivity index (χ4n) is 10.3. The van der Waals surface area contributed by atoms with Gasteiger partial charge in [0.25, 0.3) is 11.8 Å². The van der Waals surface area contributed by atoms with Crippen LogP contribution >= 0.6 is 0 Å². The molecule has 0 bridgehead atoms. The molecule has 2 aromatic heterocycles. The Morgan fingerprint density at radius 1 is 0.507 bits per heavy atom. The number of aromatic nitrogens is 2. The molecule has 0 aliphatic heterocycles. The van der Waals surface area contributed by atoms with E-state index in [0.29, 0.717) is 83.3 Å². The SMILES string of the molecule is COc1cccc(NC(=O)c2cc3ccc4c5ccccc5[nH]c4c3c(N=Nc3ccc4c(c3)C(=O)c3cc(N=Nc5c(O)c(C(=O)Nc6ccccc6C)cc6ccc7c8ccccc8[nH]c7c56)ccc3-4)c2O)c1. The molecule has 360 valence electrons. The van der Waals surface area contributed by atoms with E-state index in [4.69, 9.17) is 4.74 Å². The molecule has 0 atom stereocenters. The lowest BCUT2D eigenvalue weighted by molar-refractivity contribution is 0.101. The quantitative estimate of drug-likeness (QED) is 0.0775. The second-order valence-corrected chi connectivity index (χ2v) is 18.4. The van der Waals surface area contributed by atoms with Crippen LogP contribution in [0.4, 0.5) is 34.1 Å². The molecular formula is C61H40N8O6. The molecule has 0 fully saturated rings. The third-order valence-electron chi connectivity index (χ3n) is 14.0. The maximum Gasteiger partial charge on any atom is 0.259 e. The molecule has 0 spiro atoms. The number of hydrogen-bond donors (Lipinski definition) is 6. The van der Waals surface area contributed by atoms with Crippen LogP contribution in [-0.2, 0) is 0 Å². The van der Waals surface area contributed by atoms with Crippen molar-refractivity contribution in [2.45, 2.75) is 6.92 Å². The van der Waals surface area contributed by atoms with Gasteiger partial charge in [0.05, 0.1) is 40.6 Å². The van der Waals surface area contributed by atoms with Crippen molar-refractivity contribution < 1.29 is 29.3 Å². The number of amides is 2. The summed E-state index contributed by atoms with van der Waals surface area (Å²) in [4.78, 5) is 49.1. The number of rotatable bonds is 9. The van der Waals surface area contributed by atoms with E-state index in [2.05, 4.69) is 41.1 Å². The number of carbonyl (C=O) groups excluding carboxylic acids is 3. The summed E-state index contributed by atoms with van der Waals surface area (Å²) in [6.45, 7) is 1.89. The summed E-state index contributed by atoms with van der Waals surface area (Å²) in [5, 5.41) is 54.4. The first-order valence-electron chi connectivity index (χ1n) is 24.0. The Kier molecular flexibility index (Phi) is 10.3. The number of aromatic hydroxyl groups is 2. The van der Waals surface area contributed by atoms with Crippen molar-refractivity contribution in [3.05, 3.63) is 198 Å². The van der Waals surface area contributed by atoms with Crippen molar-refractivity contribution in [2.75, 3.05) is 17.7 Å². The molecule has 1 aliphatic carbocycles. The first kappa shape index (κ1) is 44.5. The van der Waals surface area contributed by atoms with Crippen LogP contribution in [-0.4, -0.2) is 44.9 Å². The van der Waals surface area contributed by atoms with E-state index in [9.17, 15) is 24.6 Å². The molecule has 0 radical (unpaired) electrons. The Hall–Kier alpha value is -10.5. The van der Waals surface area contributed by atoms with Crippen LogP contribution in [0.2, 0.25) is 0 Å². The zero-order valence-electron chi connectivity index (χ0n) is 40.0. The largest absolute Gasteiger partial charge is 0.505 e. The van der Waals surface area contributed by atoms with E-state index in [0.717, 1.165) is 38.1 Å². The average molecular weight is 981 g/mol. The highest BCUT2D eigenvalue weighted by atomic mass is 16.5. The maximum absolute atomic E-state index is 14.3. The molecule has 10 aromatic carbocycles. The highest BCUT2D eigenvalue weighted by molar-refractivity contribution is 6.25. The Balaban J connectivity index is 0.859. The Labute approximate surface area is 425 Å². The van der Waals surface area contributed by atoms with Gasteiger partial charge in [0, 0.05) is 71.9 Å². The topological polar surface area (TPSA) is 206 Å². The minimum Gasteiger partial charge on any atom is -0.505 e. The number of phenolic OH excluding ortho intramolecular Hbond substituents is 2. The van der Waals surface area contributed by atoms with Crippen molar-refractivity contribution in [2.24, 2.45) is 20.5 Å². The molecule has 0 saturated heterocycles. The van der Waals surface area contributed by atoms with Gasteiger partial charge in [0.1, 0.15) is 17.1 Å². The van der Waals surface area contributed by atoms with Crippen molar-refractivity contribution in [1.82, 2.24) is 9.97 Å². The summed E-state index contributed by atoms with van der Waals surface area (Å²) in [5.74, 6) is -1.55. The van der Waals surface area contributed by atoms with Gasteiger partial charge in [-0.05, 0) is 101 Å². The summed E-state index contributed by atoms with van der Waals surface area (Å²) in [5.41, 5.74) is 8.05. The number of ether oxygens (including phenoxy) is 1. The number of anilines is 2. The molecule has 14 heteroatoms. The lowest BCUT2D eigenvalue weighted by Crippen LogP contribution is -2.13. The van der Waals surface area contributed by atoms with Gasteiger partial charge in [-0.2, -0.15) is 10.2 Å². The molecular weight excluding hydrogens is 941 g/mol. The van der Waals surface area contributed by atoms with Gasteiger partial charge >= 0.3 is 0 Å². The van der Waals surface area contributed by atoms with Crippen molar-refractivity contribution in [3.63, 3.8) is 0 Å². The third-order valence-corrected chi connectivity index (χ3v) is 14.0. The average Bonchev–Trinajstić information content (AvgIpc) is 4.17. The van der Waals surface area contributed by atoms with Crippen LogP contribution in [0.5, 0.6) is 17.2 Å². The van der Waals surface area contributed by atoms with Crippen molar-refractivity contribution >= 4 is 117 Å². The monoisotopic (exact) mass is 980 g/mol. The molecule has 1 aliphatic rings.